The van der Waals surface area contributed by atoms with Crippen LogP contribution in [0.4, 0.5) is 0 Å². The normalized spacial score (nSPS) is 43.9. The molecule has 0 amide bonds. The van der Waals surface area contributed by atoms with Gasteiger partial charge in [-0.2, -0.15) is 0 Å². The Bertz CT molecular complexity index is 143. The molecule has 64 valence electrons. The lowest BCUT2D eigenvalue weighted by molar-refractivity contribution is 0.0557. The second-order valence-corrected chi connectivity index (χ2v) is 3.63. The lowest BCUT2D eigenvalue weighted by Gasteiger charge is -2.20. The molecule has 2 rings (SSSR count). The summed E-state index contributed by atoms with van der Waals surface area (Å²) in [5.74, 6) is 0. The SMILES string of the molecule is OC[C@@H]1C[C@@]2(CCCN2)CO1. The van der Waals surface area contributed by atoms with Crippen LogP contribution in [0, 0.1) is 0 Å². The van der Waals surface area contributed by atoms with Crippen LogP contribution in [0.5, 0.6) is 0 Å². The highest BCUT2D eigenvalue weighted by Gasteiger charge is 2.41. The van der Waals surface area contributed by atoms with Gasteiger partial charge in [-0.25, -0.2) is 0 Å². The van der Waals surface area contributed by atoms with E-state index in [-0.39, 0.29) is 18.2 Å². The maximum absolute atomic E-state index is 8.86. The van der Waals surface area contributed by atoms with E-state index in [9.17, 15) is 0 Å². The molecule has 0 aliphatic carbocycles. The second kappa shape index (κ2) is 2.73. The molecule has 0 aromatic rings. The van der Waals surface area contributed by atoms with Crippen LogP contribution in [0.3, 0.4) is 0 Å². The molecule has 2 saturated heterocycles. The molecule has 1 spiro atoms. The summed E-state index contributed by atoms with van der Waals surface area (Å²) in [4.78, 5) is 0. The van der Waals surface area contributed by atoms with E-state index in [0.717, 1.165) is 19.6 Å². The van der Waals surface area contributed by atoms with Crippen molar-refractivity contribution in [2.75, 3.05) is 19.8 Å². The van der Waals surface area contributed by atoms with Crippen LogP contribution < -0.4 is 5.32 Å². The number of aliphatic hydroxyl groups excluding tert-OH is 1. The molecule has 2 aliphatic heterocycles. The van der Waals surface area contributed by atoms with E-state index in [1.54, 1.807) is 0 Å². The Morgan fingerprint density at radius 2 is 2.55 bits per heavy atom. The third-order valence-electron chi connectivity index (χ3n) is 2.75. The molecule has 0 radical (unpaired) electrons. The number of hydrogen-bond acceptors (Lipinski definition) is 3. The van der Waals surface area contributed by atoms with E-state index in [0.29, 0.717) is 0 Å². The quantitative estimate of drug-likeness (QED) is 0.558. The van der Waals surface area contributed by atoms with Gasteiger partial charge in [0.2, 0.25) is 0 Å². The summed E-state index contributed by atoms with van der Waals surface area (Å²) >= 11 is 0. The summed E-state index contributed by atoms with van der Waals surface area (Å²) < 4.78 is 5.43. The van der Waals surface area contributed by atoms with E-state index >= 15 is 0 Å². The molecule has 2 N–H and O–H groups in total. The van der Waals surface area contributed by atoms with Gasteiger partial charge in [-0.15, -0.1) is 0 Å². The van der Waals surface area contributed by atoms with E-state index < -0.39 is 0 Å². The van der Waals surface area contributed by atoms with Crippen LogP contribution in [-0.4, -0.2) is 36.5 Å². The fourth-order valence-corrected chi connectivity index (χ4v) is 2.11. The Hall–Kier alpha value is -0.120. The van der Waals surface area contributed by atoms with Crippen LogP contribution in [0.25, 0.3) is 0 Å². The van der Waals surface area contributed by atoms with Crippen LogP contribution in [0.15, 0.2) is 0 Å². The highest BCUT2D eigenvalue weighted by atomic mass is 16.5. The van der Waals surface area contributed by atoms with Gasteiger partial charge in [-0.05, 0) is 25.8 Å². The first-order valence-electron chi connectivity index (χ1n) is 4.32. The Kier molecular flexibility index (Phi) is 1.87. The van der Waals surface area contributed by atoms with Gasteiger partial charge in [-0.1, -0.05) is 0 Å². The van der Waals surface area contributed by atoms with Gasteiger partial charge in [0.05, 0.1) is 19.3 Å². The third kappa shape index (κ3) is 1.28. The van der Waals surface area contributed by atoms with Gasteiger partial charge >= 0.3 is 0 Å². The summed E-state index contributed by atoms with van der Waals surface area (Å²) in [5, 5.41) is 12.3. The van der Waals surface area contributed by atoms with Crippen LogP contribution >= 0.6 is 0 Å². The van der Waals surface area contributed by atoms with Crippen molar-refractivity contribution in [3.63, 3.8) is 0 Å². The van der Waals surface area contributed by atoms with Crippen molar-refractivity contribution in [1.29, 1.82) is 0 Å². The zero-order valence-electron chi connectivity index (χ0n) is 6.68. The zero-order valence-corrected chi connectivity index (χ0v) is 6.68. The van der Waals surface area contributed by atoms with Crippen molar-refractivity contribution in [3.8, 4) is 0 Å². The van der Waals surface area contributed by atoms with E-state index in [4.69, 9.17) is 9.84 Å². The molecule has 3 heteroatoms. The molecule has 3 nitrogen and oxygen atoms in total. The average Bonchev–Trinajstić information content (AvgIpc) is 2.62. The Labute approximate surface area is 66.7 Å². The molecule has 0 aromatic heterocycles. The molecule has 0 bridgehead atoms. The number of ether oxygens (including phenoxy) is 1. The number of nitrogens with one attached hydrogen (secondary N) is 1. The lowest BCUT2D eigenvalue weighted by atomic mass is 9.94. The highest BCUT2D eigenvalue weighted by Crippen LogP contribution is 2.31. The molecule has 2 atom stereocenters. The molecule has 11 heavy (non-hydrogen) atoms. The number of rotatable bonds is 1. The molecule has 0 saturated carbocycles. The maximum Gasteiger partial charge on any atom is 0.0825 e. The smallest absolute Gasteiger partial charge is 0.0825 e. The van der Waals surface area contributed by atoms with Crippen LogP contribution in [0.2, 0.25) is 0 Å². The van der Waals surface area contributed by atoms with Crippen LogP contribution in [0.1, 0.15) is 19.3 Å². The number of aliphatic hydroxyl groups is 1. The molecule has 0 unspecified atom stereocenters. The second-order valence-electron chi connectivity index (χ2n) is 3.63. The Balaban J connectivity index is 1.96. The summed E-state index contributed by atoms with van der Waals surface area (Å²) in [7, 11) is 0. The molecule has 2 heterocycles. The predicted molar refractivity (Wildman–Crippen MR) is 41.4 cm³/mol. The Morgan fingerprint density at radius 3 is 3.09 bits per heavy atom. The van der Waals surface area contributed by atoms with E-state index in [1.165, 1.54) is 12.8 Å². The minimum Gasteiger partial charge on any atom is -0.394 e. The van der Waals surface area contributed by atoms with Gasteiger partial charge in [0, 0.05) is 5.54 Å². The van der Waals surface area contributed by atoms with Crippen molar-refractivity contribution >= 4 is 0 Å². The largest absolute Gasteiger partial charge is 0.394 e. The first-order valence-corrected chi connectivity index (χ1v) is 4.32. The van der Waals surface area contributed by atoms with Crippen molar-refractivity contribution in [3.05, 3.63) is 0 Å². The van der Waals surface area contributed by atoms with Gasteiger partial charge in [-0.3, -0.25) is 0 Å². The predicted octanol–water partition coefficient (Wildman–Crippen LogP) is -0.110. The van der Waals surface area contributed by atoms with Crippen molar-refractivity contribution in [2.45, 2.75) is 30.9 Å². The topological polar surface area (TPSA) is 41.5 Å². The highest BCUT2D eigenvalue weighted by molar-refractivity contribution is 4.98. The van der Waals surface area contributed by atoms with E-state index in [2.05, 4.69) is 5.32 Å². The van der Waals surface area contributed by atoms with Crippen molar-refractivity contribution in [2.24, 2.45) is 0 Å². The standard InChI is InChI=1S/C8H15NO2/c10-5-7-4-8(6-11-7)2-1-3-9-8/h7,9-10H,1-6H2/t7-,8-/m0/s1. The number of hydrogen-bond donors (Lipinski definition) is 2. The van der Waals surface area contributed by atoms with Crippen molar-refractivity contribution in [1.82, 2.24) is 5.32 Å². The van der Waals surface area contributed by atoms with Gasteiger partial charge in [0.1, 0.15) is 0 Å². The van der Waals surface area contributed by atoms with Gasteiger partial charge in [0.15, 0.2) is 0 Å². The molecule has 0 aromatic carbocycles. The van der Waals surface area contributed by atoms with Crippen LogP contribution in [-0.2, 0) is 4.74 Å². The summed E-state index contributed by atoms with van der Waals surface area (Å²) in [6, 6.07) is 0. The minimum atomic E-state index is 0.0839. The Morgan fingerprint density at radius 1 is 1.64 bits per heavy atom. The van der Waals surface area contributed by atoms with Crippen molar-refractivity contribution < 1.29 is 9.84 Å². The average molecular weight is 157 g/mol. The summed E-state index contributed by atoms with van der Waals surface area (Å²) in [6.45, 7) is 2.07. The first kappa shape index (κ1) is 7.53. The van der Waals surface area contributed by atoms with Gasteiger partial charge in [0.25, 0.3) is 0 Å². The molecular weight excluding hydrogens is 142 g/mol. The fraction of sp³-hybridized carbons (Fsp3) is 1.00. The fourth-order valence-electron chi connectivity index (χ4n) is 2.11. The van der Waals surface area contributed by atoms with Gasteiger partial charge < -0.3 is 15.2 Å². The molecule has 2 fully saturated rings. The monoisotopic (exact) mass is 157 g/mol. The summed E-state index contributed by atoms with van der Waals surface area (Å²) in [5.41, 5.74) is 0.230. The minimum absolute atomic E-state index is 0.0839. The molecular formula is C8H15NO2. The maximum atomic E-state index is 8.86. The third-order valence-corrected chi connectivity index (χ3v) is 2.75. The lowest BCUT2D eigenvalue weighted by Crippen LogP contribution is -2.40. The zero-order chi connectivity index (χ0) is 7.73. The molecule has 2 aliphatic rings. The summed E-state index contributed by atoms with van der Waals surface area (Å²) in [6.07, 6.45) is 3.54. The van der Waals surface area contributed by atoms with E-state index in [1.807, 2.05) is 0 Å². The first-order chi connectivity index (χ1) is 5.35.